The number of hydrogen-bond acceptors (Lipinski definition) is 5. The van der Waals surface area contributed by atoms with Crippen LogP contribution in [0.25, 0.3) is 0 Å². The lowest BCUT2D eigenvalue weighted by Gasteiger charge is -2.36. The number of ether oxygens (including phenoxy) is 1. The van der Waals surface area contributed by atoms with Gasteiger partial charge in [-0.2, -0.15) is 0 Å². The van der Waals surface area contributed by atoms with Crippen LogP contribution in [0.5, 0.6) is 0 Å². The Morgan fingerprint density at radius 2 is 1.64 bits per heavy atom. The van der Waals surface area contributed by atoms with E-state index in [1.54, 1.807) is 0 Å². The first-order valence-corrected chi connectivity index (χ1v) is 14.3. The zero-order valence-electron chi connectivity index (χ0n) is 20.9. The molecule has 9 heteroatoms. The number of aliphatic carboxylic acids is 1. The molecule has 186 valence electrons. The van der Waals surface area contributed by atoms with Gasteiger partial charge >= 0.3 is 12.1 Å². The summed E-state index contributed by atoms with van der Waals surface area (Å²) in [7, 11) is -2.03. The Morgan fingerprint density at radius 3 is 2.15 bits per heavy atom. The minimum atomic E-state index is -2.03. The van der Waals surface area contributed by atoms with Crippen LogP contribution in [0.3, 0.4) is 0 Å². The van der Waals surface area contributed by atoms with Crippen LogP contribution in [0.4, 0.5) is 4.79 Å². The van der Waals surface area contributed by atoms with E-state index >= 15 is 0 Å². The van der Waals surface area contributed by atoms with E-state index in [4.69, 9.17) is 9.16 Å². The number of nitrogens with one attached hydrogen (secondary N) is 2. The van der Waals surface area contributed by atoms with Crippen molar-refractivity contribution in [3.05, 3.63) is 35.9 Å². The van der Waals surface area contributed by atoms with E-state index in [0.717, 1.165) is 5.56 Å². The maximum absolute atomic E-state index is 12.8. The molecular formula is C24H40N2O6Si. The lowest BCUT2D eigenvalue weighted by atomic mass is 10.0. The predicted molar refractivity (Wildman–Crippen MR) is 130 cm³/mol. The van der Waals surface area contributed by atoms with Crippen molar-refractivity contribution in [1.29, 1.82) is 0 Å². The standard InChI is InChI=1S/C24H40N2O6Si/c1-17(2)15-20(26-23(30)31-16-18-11-9-8-10-12-18)21(27)25-19(22(28)29)13-14-32-33(6,7)24(3,4)5/h8-12,17,19-20H,13-16H2,1-7H3,(H,25,27)(H,26,30)(H,28,29)/t19-,20-/m0/s1. The summed E-state index contributed by atoms with van der Waals surface area (Å²) < 4.78 is 11.3. The summed E-state index contributed by atoms with van der Waals surface area (Å²) in [5.74, 6) is -1.60. The molecule has 8 nitrogen and oxygen atoms in total. The number of alkyl carbamates (subject to hydrolysis) is 1. The third kappa shape index (κ3) is 10.4. The molecule has 0 aliphatic rings. The Labute approximate surface area is 198 Å². The molecule has 0 unspecified atom stereocenters. The van der Waals surface area contributed by atoms with E-state index in [1.807, 2.05) is 44.2 Å². The molecule has 0 aromatic heterocycles. The molecule has 0 bridgehead atoms. The molecule has 0 saturated heterocycles. The molecule has 0 aliphatic carbocycles. The molecule has 0 spiro atoms. The molecule has 33 heavy (non-hydrogen) atoms. The first kappa shape index (κ1) is 28.6. The largest absolute Gasteiger partial charge is 0.480 e. The summed E-state index contributed by atoms with van der Waals surface area (Å²) in [5.41, 5.74) is 0.824. The average Bonchev–Trinajstić information content (AvgIpc) is 2.70. The fourth-order valence-electron chi connectivity index (χ4n) is 2.79. The maximum atomic E-state index is 12.8. The number of carbonyl (C=O) groups excluding carboxylic acids is 2. The van der Waals surface area contributed by atoms with Crippen molar-refractivity contribution in [2.24, 2.45) is 5.92 Å². The van der Waals surface area contributed by atoms with Gasteiger partial charge in [0, 0.05) is 13.0 Å². The Bertz CT molecular complexity index is 777. The number of carboxylic acids is 1. The van der Waals surface area contributed by atoms with Gasteiger partial charge in [0.05, 0.1) is 0 Å². The molecule has 1 aromatic rings. The van der Waals surface area contributed by atoms with Crippen LogP contribution < -0.4 is 10.6 Å². The number of benzene rings is 1. The summed E-state index contributed by atoms with van der Waals surface area (Å²) in [6.07, 6.45) is -0.243. The van der Waals surface area contributed by atoms with Crippen molar-refractivity contribution in [2.75, 3.05) is 6.61 Å². The normalized spacial score (nSPS) is 13.8. The third-order valence-electron chi connectivity index (χ3n) is 5.82. The van der Waals surface area contributed by atoms with Crippen LogP contribution in [0.2, 0.25) is 18.1 Å². The van der Waals surface area contributed by atoms with Crippen molar-refractivity contribution in [3.8, 4) is 0 Å². The van der Waals surface area contributed by atoms with Gasteiger partial charge in [0.1, 0.15) is 18.7 Å². The van der Waals surface area contributed by atoms with Gasteiger partial charge in [-0.05, 0) is 36.0 Å². The molecule has 0 aliphatic heterocycles. The number of rotatable bonds is 12. The Kier molecular flexibility index (Phi) is 11.1. The molecule has 0 saturated carbocycles. The first-order valence-electron chi connectivity index (χ1n) is 11.4. The maximum Gasteiger partial charge on any atom is 0.408 e. The summed E-state index contributed by atoms with van der Waals surface area (Å²) in [4.78, 5) is 36.9. The summed E-state index contributed by atoms with van der Waals surface area (Å²) >= 11 is 0. The van der Waals surface area contributed by atoms with E-state index in [9.17, 15) is 19.5 Å². The smallest absolute Gasteiger partial charge is 0.408 e. The van der Waals surface area contributed by atoms with Crippen LogP contribution in [0, 0.1) is 5.92 Å². The van der Waals surface area contributed by atoms with Gasteiger partial charge in [0.15, 0.2) is 8.32 Å². The molecular weight excluding hydrogens is 440 g/mol. The number of carboxylic acid groups (broad SMARTS) is 1. The van der Waals surface area contributed by atoms with Crippen LogP contribution in [-0.2, 0) is 25.4 Å². The molecule has 2 atom stereocenters. The molecule has 3 N–H and O–H groups in total. The van der Waals surface area contributed by atoms with Crippen molar-refractivity contribution >= 4 is 26.3 Å². The molecule has 0 heterocycles. The number of hydrogen-bond donors (Lipinski definition) is 3. The highest BCUT2D eigenvalue weighted by Crippen LogP contribution is 2.36. The highest BCUT2D eigenvalue weighted by atomic mass is 28.4. The van der Waals surface area contributed by atoms with Crippen LogP contribution in [0.1, 0.15) is 53.0 Å². The van der Waals surface area contributed by atoms with Gasteiger partial charge in [-0.3, -0.25) is 4.79 Å². The van der Waals surface area contributed by atoms with E-state index in [0.29, 0.717) is 6.42 Å². The monoisotopic (exact) mass is 480 g/mol. The lowest BCUT2D eigenvalue weighted by molar-refractivity contribution is -0.142. The predicted octanol–water partition coefficient (Wildman–Crippen LogP) is 4.31. The molecule has 1 rings (SSSR count). The first-order chi connectivity index (χ1) is 15.2. The van der Waals surface area contributed by atoms with Gasteiger partial charge in [-0.25, -0.2) is 9.59 Å². The topological polar surface area (TPSA) is 114 Å². The highest BCUT2D eigenvalue weighted by Gasteiger charge is 2.37. The number of carbonyl (C=O) groups is 3. The second-order valence-corrected chi connectivity index (χ2v) is 15.0. The Balaban J connectivity index is 2.71. The van der Waals surface area contributed by atoms with Crippen molar-refractivity contribution in [1.82, 2.24) is 10.6 Å². The summed E-state index contributed by atoms with van der Waals surface area (Å²) in [6, 6.07) is 7.18. The van der Waals surface area contributed by atoms with Crippen molar-refractivity contribution in [3.63, 3.8) is 0 Å². The van der Waals surface area contributed by atoms with Gasteiger partial charge in [0.25, 0.3) is 0 Å². The van der Waals surface area contributed by atoms with Gasteiger partial charge in [-0.1, -0.05) is 65.0 Å². The van der Waals surface area contributed by atoms with Crippen LogP contribution >= 0.6 is 0 Å². The van der Waals surface area contributed by atoms with E-state index in [2.05, 4.69) is 44.5 Å². The van der Waals surface area contributed by atoms with Crippen LogP contribution in [-0.4, -0.2) is 50.1 Å². The Hall–Kier alpha value is -2.39. The van der Waals surface area contributed by atoms with Gasteiger partial charge in [0.2, 0.25) is 5.91 Å². The van der Waals surface area contributed by atoms with Crippen molar-refractivity contribution < 1.29 is 28.7 Å². The SMILES string of the molecule is CC(C)C[C@H](NC(=O)OCc1ccccc1)C(=O)N[C@@H](CCO[Si](C)(C)C(C)(C)C)C(=O)O. The summed E-state index contributed by atoms with van der Waals surface area (Å²) in [5, 5.41) is 14.7. The second-order valence-electron chi connectivity index (χ2n) is 10.2. The van der Waals surface area contributed by atoms with Gasteiger partial charge in [-0.15, -0.1) is 0 Å². The fraction of sp³-hybridized carbons (Fsp3) is 0.625. The minimum Gasteiger partial charge on any atom is -0.480 e. The second kappa shape index (κ2) is 12.7. The van der Waals surface area contributed by atoms with E-state index in [1.165, 1.54) is 0 Å². The molecule has 0 fully saturated rings. The lowest BCUT2D eigenvalue weighted by Crippen LogP contribution is -2.52. The third-order valence-corrected chi connectivity index (χ3v) is 10.4. The van der Waals surface area contributed by atoms with E-state index < -0.39 is 38.4 Å². The summed E-state index contributed by atoms with van der Waals surface area (Å²) in [6.45, 7) is 14.6. The van der Waals surface area contributed by atoms with Gasteiger partial charge < -0.3 is 24.9 Å². The zero-order chi connectivity index (χ0) is 25.2. The minimum absolute atomic E-state index is 0.00135. The zero-order valence-corrected chi connectivity index (χ0v) is 21.9. The number of amides is 2. The quantitative estimate of drug-likeness (QED) is 0.384. The van der Waals surface area contributed by atoms with Crippen molar-refractivity contribution in [2.45, 2.75) is 84.3 Å². The molecule has 1 aromatic carbocycles. The van der Waals surface area contributed by atoms with Crippen LogP contribution in [0.15, 0.2) is 30.3 Å². The average molecular weight is 481 g/mol. The highest BCUT2D eigenvalue weighted by molar-refractivity contribution is 6.74. The Morgan fingerprint density at radius 1 is 1.03 bits per heavy atom. The molecule has 0 radical (unpaired) electrons. The molecule has 2 amide bonds. The van der Waals surface area contributed by atoms with E-state index in [-0.39, 0.29) is 30.6 Å². The fourth-order valence-corrected chi connectivity index (χ4v) is 3.85.